The minimum atomic E-state index is -1.14. The van der Waals surface area contributed by atoms with Crippen LogP contribution in [-0.2, 0) is 4.79 Å². The Morgan fingerprint density at radius 3 is 2.50 bits per heavy atom. The Labute approximate surface area is 57.2 Å². The molecule has 6 heteroatoms. The fourth-order valence-electron chi connectivity index (χ4n) is 0.224. The molecule has 56 valence electrons. The van der Waals surface area contributed by atoms with Crippen molar-refractivity contribution in [3.05, 3.63) is 12.3 Å². The lowest BCUT2D eigenvalue weighted by atomic mass is 10.6. The number of hydrogen-bond acceptors (Lipinski definition) is 3. The minimum Gasteiger partial charge on any atom is -0.478 e. The molecule has 0 rings (SSSR count). The maximum atomic E-state index is 9.85. The van der Waals surface area contributed by atoms with Gasteiger partial charge in [-0.15, -0.1) is 0 Å². The van der Waals surface area contributed by atoms with Gasteiger partial charge in [-0.05, 0) is 0 Å². The van der Waals surface area contributed by atoms with Gasteiger partial charge in [0.1, 0.15) is 0 Å². The van der Waals surface area contributed by atoms with Crippen molar-refractivity contribution < 1.29 is 9.90 Å². The molecule has 0 aliphatic rings. The molecule has 0 aromatic heterocycles. The number of hydrazine groups is 1. The monoisotopic (exact) mass is 144 g/mol. The molecular weight excluding hydrogens is 136 g/mol. The van der Waals surface area contributed by atoms with Crippen molar-refractivity contribution in [1.82, 2.24) is 5.01 Å². The summed E-state index contributed by atoms with van der Waals surface area (Å²) in [4.78, 5) is 9.85. The van der Waals surface area contributed by atoms with Gasteiger partial charge >= 0.3 is 5.97 Å². The predicted molar refractivity (Wildman–Crippen MR) is 34.7 cm³/mol. The van der Waals surface area contributed by atoms with Gasteiger partial charge in [0.25, 0.3) is 0 Å². The lowest BCUT2D eigenvalue weighted by Crippen LogP contribution is -2.37. The van der Waals surface area contributed by atoms with Crippen molar-refractivity contribution >= 4 is 11.9 Å². The average molecular weight is 144 g/mol. The molecule has 0 saturated carbocycles. The highest BCUT2D eigenvalue weighted by atomic mass is 16.4. The van der Waals surface area contributed by atoms with Gasteiger partial charge in [-0.1, -0.05) is 0 Å². The third-order valence-corrected chi connectivity index (χ3v) is 0.656. The number of carboxylic acid groups (broad SMARTS) is 1. The summed E-state index contributed by atoms with van der Waals surface area (Å²) in [6, 6.07) is 0. The zero-order valence-electron chi connectivity index (χ0n) is 5.11. The Hall–Kier alpha value is -1.56. The summed E-state index contributed by atoms with van der Waals surface area (Å²) in [7, 11) is 0. The van der Waals surface area contributed by atoms with E-state index >= 15 is 0 Å². The fraction of sp³-hybridized carbons (Fsp3) is 0. The molecule has 0 aromatic rings. The van der Waals surface area contributed by atoms with Crippen LogP contribution in [0.2, 0.25) is 0 Å². The van der Waals surface area contributed by atoms with Crippen LogP contribution in [0.4, 0.5) is 0 Å². The molecule has 0 spiro atoms. The number of hydrogen-bond donors (Lipinski definition) is 4. The summed E-state index contributed by atoms with van der Waals surface area (Å²) >= 11 is 0. The number of carboxylic acids is 1. The molecule has 0 radical (unpaired) electrons. The van der Waals surface area contributed by atoms with Crippen molar-refractivity contribution in [1.29, 1.82) is 5.41 Å². The van der Waals surface area contributed by atoms with Crippen LogP contribution in [-0.4, -0.2) is 22.0 Å². The Kier molecular flexibility index (Phi) is 2.92. The van der Waals surface area contributed by atoms with Crippen LogP contribution in [0.1, 0.15) is 0 Å². The van der Waals surface area contributed by atoms with Gasteiger partial charge in [-0.2, -0.15) is 0 Å². The van der Waals surface area contributed by atoms with Crippen LogP contribution >= 0.6 is 0 Å². The van der Waals surface area contributed by atoms with E-state index in [1.54, 1.807) is 0 Å². The smallest absolute Gasteiger partial charge is 0.329 e. The Morgan fingerprint density at radius 2 is 2.20 bits per heavy atom. The van der Waals surface area contributed by atoms with E-state index in [1.807, 2.05) is 0 Å². The van der Waals surface area contributed by atoms with Crippen LogP contribution < -0.4 is 11.6 Å². The second kappa shape index (κ2) is 3.46. The standard InChI is InChI=1S/C4H8N4O2/c5-4(6)8(7)2-1-3(9)10/h1-2H,7H2,(H3,5,6)(H,9,10). The Balaban J connectivity index is 3.89. The Morgan fingerprint density at radius 1 is 1.70 bits per heavy atom. The highest BCUT2D eigenvalue weighted by Gasteiger charge is 1.93. The summed E-state index contributed by atoms with van der Waals surface area (Å²) in [5.41, 5.74) is 4.86. The molecule has 0 aliphatic carbocycles. The summed E-state index contributed by atoms with van der Waals surface area (Å²) in [6.45, 7) is 0. The second-order valence-corrected chi connectivity index (χ2v) is 1.45. The van der Waals surface area contributed by atoms with E-state index in [1.165, 1.54) is 0 Å². The molecule has 10 heavy (non-hydrogen) atoms. The SMILES string of the molecule is N=C(N)N(N)C=CC(=O)O. The van der Waals surface area contributed by atoms with Crippen LogP contribution in [0.25, 0.3) is 0 Å². The number of nitrogens with zero attached hydrogens (tertiary/aromatic N) is 1. The lowest BCUT2D eigenvalue weighted by Gasteiger charge is -2.07. The normalized spacial score (nSPS) is 9.70. The maximum Gasteiger partial charge on any atom is 0.329 e. The van der Waals surface area contributed by atoms with Crippen molar-refractivity contribution in [2.75, 3.05) is 0 Å². The predicted octanol–water partition coefficient (Wildman–Crippen LogP) is -1.35. The largest absolute Gasteiger partial charge is 0.478 e. The molecule has 6 nitrogen and oxygen atoms in total. The number of rotatable bonds is 2. The molecule has 0 amide bonds. The topological polar surface area (TPSA) is 116 Å². The molecule has 0 saturated heterocycles. The summed E-state index contributed by atoms with van der Waals surface area (Å²) in [5.74, 6) is 3.44. The highest BCUT2D eigenvalue weighted by Crippen LogP contribution is 1.77. The number of nitrogens with one attached hydrogen (secondary N) is 1. The first kappa shape index (κ1) is 8.44. The Bertz CT molecular complexity index is 176. The summed E-state index contributed by atoms with van der Waals surface area (Å²) in [6.07, 6.45) is 1.76. The molecule has 0 bridgehead atoms. The molecular formula is C4H8N4O2. The van der Waals surface area contributed by atoms with Gasteiger partial charge in [0.15, 0.2) is 0 Å². The summed E-state index contributed by atoms with van der Waals surface area (Å²) in [5, 5.41) is 15.4. The van der Waals surface area contributed by atoms with Crippen molar-refractivity contribution in [2.45, 2.75) is 0 Å². The first-order valence-corrected chi connectivity index (χ1v) is 2.33. The van der Waals surface area contributed by atoms with Crippen molar-refractivity contribution in [2.24, 2.45) is 11.6 Å². The van der Waals surface area contributed by atoms with E-state index in [4.69, 9.17) is 22.1 Å². The van der Waals surface area contributed by atoms with Gasteiger partial charge in [0, 0.05) is 12.3 Å². The summed E-state index contributed by atoms with van der Waals surface area (Å²) < 4.78 is 0. The van der Waals surface area contributed by atoms with Gasteiger partial charge < -0.3 is 10.8 Å². The van der Waals surface area contributed by atoms with Crippen LogP contribution in [0.15, 0.2) is 12.3 Å². The minimum absolute atomic E-state index is 0.419. The van der Waals surface area contributed by atoms with E-state index in [2.05, 4.69) is 0 Å². The van der Waals surface area contributed by atoms with Gasteiger partial charge in [-0.3, -0.25) is 10.4 Å². The molecule has 0 unspecified atom stereocenters. The maximum absolute atomic E-state index is 9.85. The first-order valence-electron chi connectivity index (χ1n) is 2.33. The van der Waals surface area contributed by atoms with Crippen LogP contribution in [0, 0.1) is 5.41 Å². The lowest BCUT2D eigenvalue weighted by molar-refractivity contribution is -0.131. The second-order valence-electron chi connectivity index (χ2n) is 1.45. The molecule has 0 heterocycles. The van der Waals surface area contributed by atoms with E-state index in [9.17, 15) is 4.79 Å². The zero-order valence-corrected chi connectivity index (χ0v) is 5.11. The van der Waals surface area contributed by atoms with E-state index in [-0.39, 0.29) is 0 Å². The van der Waals surface area contributed by atoms with Crippen molar-refractivity contribution in [3.63, 3.8) is 0 Å². The van der Waals surface area contributed by atoms with Gasteiger partial charge in [-0.25, -0.2) is 10.6 Å². The van der Waals surface area contributed by atoms with Crippen LogP contribution in [0.5, 0.6) is 0 Å². The van der Waals surface area contributed by atoms with Gasteiger partial charge in [0.05, 0.1) is 0 Å². The molecule has 6 N–H and O–H groups in total. The fourth-order valence-corrected chi connectivity index (χ4v) is 0.224. The molecule has 0 aromatic carbocycles. The van der Waals surface area contributed by atoms with E-state index in [0.29, 0.717) is 5.01 Å². The third kappa shape index (κ3) is 3.44. The molecule has 0 fully saturated rings. The van der Waals surface area contributed by atoms with E-state index < -0.39 is 11.9 Å². The number of guanidine groups is 1. The molecule has 0 atom stereocenters. The average Bonchev–Trinajstić information content (AvgIpc) is 1.82. The highest BCUT2D eigenvalue weighted by molar-refractivity contribution is 5.81. The molecule has 0 aliphatic heterocycles. The zero-order chi connectivity index (χ0) is 8.15. The van der Waals surface area contributed by atoms with E-state index in [0.717, 1.165) is 12.3 Å². The van der Waals surface area contributed by atoms with Gasteiger partial charge in [0.2, 0.25) is 5.96 Å². The quantitative estimate of drug-likeness (QED) is 0.126. The van der Waals surface area contributed by atoms with Crippen LogP contribution in [0.3, 0.4) is 0 Å². The number of aliphatic carboxylic acids is 1. The third-order valence-electron chi connectivity index (χ3n) is 0.656. The first-order chi connectivity index (χ1) is 4.54. The van der Waals surface area contributed by atoms with Crippen molar-refractivity contribution in [3.8, 4) is 0 Å². The number of nitrogens with two attached hydrogens (primary N) is 2. The number of carbonyl (C=O) groups is 1.